The van der Waals surface area contributed by atoms with E-state index < -0.39 is 0 Å². The average molecular weight is 255 g/mol. The van der Waals surface area contributed by atoms with Crippen molar-refractivity contribution < 1.29 is 4.74 Å². The molecule has 0 fully saturated rings. The lowest BCUT2D eigenvalue weighted by atomic mass is 10.3. The Kier molecular flexibility index (Phi) is 4.41. The largest absolute Gasteiger partial charge is 0.492 e. The summed E-state index contributed by atoms with van der Waals surface area (Å²) in [4.78, 5) is 3.94. The molecule has 0 saturated heterocycles. The van der Waals surface area contributed by atoms with Crippen LogP contribution >= 0.6 is 15.9 Å². The third-order valence-electron chi connectivity index (χ3n) is 1.69. The van der Waals surface area contributed by atoms with Gasteiger partial charge in [-0.3, -0.25) is 0 Å². The van der Waals surface area contributed by atoms with E-state index in [9.17, 15) is 0 Å². The predicted molar refractivity (Wildman–Crippen MR) is 57.1 cm³/mol. The van der Waals surface area contributed by atoms with Crippen LogP contribution in [0.5, 0.6) is 5.75 Å². The van der Waals surface area contributed by atoms with Crippen LogP contribution in [0.25, 0.3) is 0 Å². The van der Waals surface area contributed by atoms with Gasteiger partial charge in [0, 0.05) is 0 Å². The summed E-state index contributed by atoms with van der Waals surface area (Å²) in [6.07, 6.45) is 3.70. The Morgan fingerprint density at radius 2 is 2.43 bits per heavy atom. The number of rotatable bonds is 4. The van der Waals surface area contributed by atoms with Crippen LogP contribution in [-0.4, -0.2) is 11.6 Å². The molecule has 1 aromatic rings. The normalized spacial score (nSPS) is 9.50. The third-order valence-corrected chi connectivity index (χ3v) is 2.29. The van der Waals surface area contributed by atoms with Crippen molar-refractivity contribution in [2.75, 3.05) is 6.61 Å². The number of pyridine rings is 1. The van der Waals surface area contributed by atoms with E-state index in [0.29, 0.717) is 22.5 Å². The molecule has 1 aromatic heterocycles. The Morgan fingerprint density at radius 3 is 3.00 bits per heavy atom. The molecule has 1 heterocycles. The van der Waals surface area contributed by atoms with Crippen molar-refractivity contribution in [1.29, 1.82) is 5.26 Å². The van der Waals surface area contributed by atoms with Crippen LogP contribution in [0.4, 0.5) is 0 Å². The fourth-order valence-corrected chi connectivity index (χ4v) is 1.33. The van der Waals surface area contributed by atoms with Crippen LogP contribution in [0.15, 0.2) is 16.7 Å². The van der Waals surface area contributed by atoms with Crippen molar-refractivity contribution in [3.63, 3.8) is 0 Å². The molecule has 3 nitrogen and oxygen atoms in total. The Hall–Kier alpha value is -1.08. The topological polar surface area (TPSA) is 45.9 Å². The summed E-state index contributed by atoms with van der Waals surface area (Å²) >= 11 is 3.25. The molecule has 0 spiro atoms. The molecule has 14 heavy (non-hydrogen) atoms. The van der Waals surface area contributed by atoms with Gasteiger partial charge in [-0.05, 0) is 28.4 Å². The zero-order valence-corrected chi connectivity index (χ0v) is 9.54. The van der Waals surface area contributed by atoms with E-state index in [-0.39, 0.29) is 0 Å². The molecule has 0 saturated carbocycles. The highest BCUT2D eigenvalue weighted by molar-refractivity contribution is 9.10. The Balaban J connectivity index is 2.63. The fraction of sp³-hybridized carbons (Fsp3) is 0.400. The molecule has 0 radical (unpaired) electrons. The zero-order chi connectivity index (χ0) is 10.4. The quantitative estimate of drug-likeness (QED) is 0.777. The van der Waals surface area contributed by atoms with Gasteiger partial charge in [-0.25, -0.2) is 4.98 Å². The lowest BCUT2D eigenvalue weighted by molar-refractivity contribution is 0.308. The summed E-state index contributed by atoms with van der Waals surface area (Å²) in [5.74, 6) is 0.698. The van der Waals surface area contributed by atoms with Gasteiger partial charge < -0.3 is 4.74 Å². The van der Waals surface area contributed by atoms with Gasteiger partial charge in [0.25, 0.3) is 0 Å². The predicted octanol–water partition coefficient (Wildman–Crippen LogP) is 2.89. The minimum Gasteiger partial charge on any atom is -0.492 e. The standard InChI is InChI=1S/C10H11BrN2O/c1-2-3-4-14-8-5-9(11)10(6-12)13-7-8/h5,7H,2-4H2,1H3. The maximum atomic E-state index is 8.64. The number of nitrogens with zero attached hydrogens (tertiary/aromatic N) is 2. The first-order chi connectivity index (χ1) is 6.77. The van der Waals surface area contributed by atoms with Gasteiger partial charge in [-0.2, -0.15) is 5.26 Å². The van der Waals surface area contributed by atoms with Crippen molar-refractivity contribution in [3.05, 3.63) is 22.4 Å². The Bertz CT molecular complexity index is 346. The van der Waals surface area contributed by atoms with E-state index in [0.717, 1.165) is 12.8 Å². The SMILES string of the molecule is CCCCOc1cnc(C#N)c(Br)c1. The molecule has 0 aliphatic carbocycles. The van der Waals surface area contributed by atoms with E-state index in [4.69, 9.17) is 10.00 Å². The second kappa shape index (κ2) is 5.61. The minimum absolute atomic E-state index is 0.382. The third kappa shape index (κ3) is 3.00. The average Bonchev–Trinajstić information content (AvgIpc) is 2.18. The molecule has 0 bridgehead atoms. The first-order valence-electron chi connectivity index (χ1n) is 4.46. The van der Waals surface area contributed by atoms with Gasteiger partial charge in [0.05, 0.1) is 17.3 Å². The highest BCUT2D eigenvalue weighted by Gasteiger charge is 2.02. The molecule has 0 atom stereocenters. The molecular formula is C10H11BrN2O. The first-order valence-corrected chi connectivity index (χ1v) is 5.25. The molecule has 0 N–H and O–H groups in total. The van der Waals surface area contributed by atoms with E-state index in [2.05, 4.69) is 27.8 Å². The summed E-state index contributed by atoms with van der Waals surface area (Å²) in [7, 11) is 0. The van der Waals surface area contributed by atoms with Gasteiger partial charge in [-0.15, -0.1) is 0 Å². The van der Waals surface area contributed by atoms with Gasteiger partial charge in [-0.1, -0.05) is 13.3 Å². The van der Waals surface area contributed by atoms with Crippen molar-refractivity contribution in [2.45, 2.75) is 19.8 Å². The maximum Gasteiger partial charge on any atom is 0.154 e. The maximum absolute atomic E-state index is 8.64. The molecule has 0 aliphatic heterocycles. The van der Waals surface area contributed by atoms with Gasteiger partial charge in [0.15, 0.2) is 5.69 Å². The van der Waals surface area contributed by atoms with Crippen LogP contribution in [0, 0.1) is 11.3 Å². The molecule has 1 rings (SSSR count). The molecule has 4 heteroatoms. The molecule has 0 aliphatic rings. The van der Waals surface area contributed by atoms with Crippen molar-refractivity contribution in [1.82, 2.24) is 4.98 Å². The highest BCUT2D eigenvalue weighted by atomic mass is 79.9. The van der Waals surface area contributed by atoms with Gasteiger partial charge >= 0.3 is 0 Å². The van der Waals surface area contributed by atoms with E-state index in [1.54, 1.807) is 12.3 Å². The number of nitriles is 1. The van der Waals surface area contributed by atoms with Crippen molar-refractivity contribution in [3.8, 4) is 11.8 Å². The second-order valence-electron chi connectivity index (χ2n) is 2.82. The van der Waals surface area contributed by atoms with Crippen molar-refractivity contribution >= 4 is 15.9 Å². The molecule has 0 aromatic carbocycles. The van der Waals surface area contributed by atoms with Gasteiger partial charge in [0.1, 0.15) is 11.8 Å². The molecule has 0 unspecified atom stereocenters. The van der Waals surface area contributed by atoms with Crippen molar-refractivity contribution in [2.24, 2.45) is 0 Å². The summed E-state index contributed by atoms with van der Waals surface area (Å²) < 4.78 is 6.10. The number of hydrogen-bond acceptors (Lipinski definition) is 3. The fourth-order valence-electron chi connectivity index (χ4n) is 0.916. The number of aromatic nitrogens is 1. The van der Waals surface area contributed by atoms with Crippen LogP contribution in [-0.2, 0) is 0 Å². The monoisotopic (exact) mass is 254 g/mol. The van der Waals surface area contributed by atoms with E-state index >= 15 is 0 Å². The lowest BCUT2D eigenvalue weighted by Gasteiger charge is -2.04. The summed E-state index contributed by atoms with van der Waals surface area (Å²) in [6.45, 7) is 2.80. The zero-order valence-electron chi connectivity index (χ0n) is 7.96. The minimum atomic E-state index is 0.382. The van der Waals surface area contributed by atoms with Gasteiger partial charge in [0.2, 0.25) is 0 Å². The van der Waals surface area contributed by atoms with Crippen LogP contribution in [0.3, 0.4) is 0 Å². The van der Waals surface area contributed by atoms with Crippen LogP contribution in [0.1, 0.15) is 25.5 Å². The summed E-state index contributed by atoms with van der Waals surface area (Å²) in [5.41, 5.74) is 0.382. The van der Waals surface area contributed by atoms with E-state index in [1.165, 1.54) is 0 Å². The second-order valence-corrected chi connectivity index (χ2v) is 3.67. The lowest BCUT2D eigenvalue weighted by Crippen LogP contribution is -1.97. The Labute approximate surface area is 91.8 Å². The molecular weight excluding hydrogens is 244 g/mol. The number of halogens is 1. The number of unbranched alkanes of at least 4 members (excludes halogenated alkanes) is 1. The molecule has 0 amide bonds. The Morgan fingerprint density at radius 1 is 1.64 bits per heavy atom. The van der Waals surface area contributed by atoms with E-state index in [1.807, 2.05) is 6.07 Å². The number of hydrogen-bond donors (Lipinski definition) is 0. The van der Waals surface area contributed by atoms with Crippen LogP contribution < -0.4 is 4.74 Å². The van der Waals surface area contributed by atoms with Crippen LogP contribution in [0.2, 0.25) is 0 Å². The molecule has 74 valence electrons. The highest BCUT2D eigenvalue weighted by Crippen LogP contribution is 2.20. The summed E-state index contributed by atoms with van der Waals surface area (Å²) in [5, 5.41) is 8.64. The smallest absolute Gasteiger partial charge is 0.154 e. The summed E-state index contributed by atoms with van der Waals surface area (Å²) in [6, 6.07) is 3.74. The number of ether oxygens (including phenoxy) is 1. The first kappa shape index (κ1) is 11.0.